The molecule has 4 heterocycles. The molecule has 0 radical (unpaired) electrons. The molecule has 0 spiro atoms. The molecule has 0 aliphatic carbocycles. The second-order valence-corrected chi connectivity index (χ2v) is 5.13. The highest BCUT2D eigenvalue weighted by atomic mass is 16.3. The van der Waals surface area contributed by atoms with Crippen molar-refractivity contribution in [1.29, 1.82) is 0 Å². The maximum atomic E-state index is 9.84. The molecule has 2 aliphatic heterocycles. The summed E-state index contributed by atoms with van der Waals surface area (Å²) in [6.45, 7) is 0. The Morgan fingerprint density at radius 2 is 1.94 bits per heavy atom. The Bertz CT molecular complexity index is 570. The summed E-state index contributed by atoms with van der Waals surface area (Å²) in [7, 11) is 0. The number of aliphatic hydroxyl groups excluding tert-OH is 1. The third kappa shape index (κ3) is 1.34. The van der Waals surface area contributed by atoms with Crippen LogP contribution in [0.4, 0.5) is 5.82 Å². The number of hydrogen-bond donors (Lipinski definition) is 1. The van der Waals surface area contributed by atoms with Crippen molar-refractivity contribution >= 4 is 11.5 Å². The zero-order valence-corrected chi connectivity index (χ0v) is 9.85. The number of nitrogens with zero attached hydrogens (tertiary/aromatic N) is 6. The van der Waals surface area contributed by atoms with Crippen LogP contribution in [0.25, 0.3) is 5.65 Å². The van der Waals surface area contributed by atoms with Gasteiger partial charge in [-0.2, -0.15) is 4.52 Å². The molecule has 7 nitrogen and oxygen atoms in total. The first kappa shape index (κ1) is 10.2. The molecule has 2 atom stereocenters. The monoisotopic (exact) mass is 246 g/mol. The van der Waals surface area contributed by atoms with Gasteiger partial charge >= 0.3 is 0 Å². The van der Waals surface area contributed by atoms with Crippen LogP contribution in [0.15, 0.2) is 12.4 Å². The van der Waals surface area contributed by atoms with Crippen LogP contribution < -0.4 is 4.90 Å². The Morgan fingerprint density at radius 1 is 1.17 bits per heavy atom. The molecular formula is C11H14N6O. The molecule has 2 aromatic heterocycles. The molecule has 4 rings (SSSR count). The van der Waals surface area contributed by atoms with Gasteiger partial charge in [-0.1, -0.05) is 0 Å². The third-order valence-electron chi connectivity index (χ3n) is 4.06. The molecular weight excluding hydrogens is 232 g/mol. The van der Waals surface area contributed by atoms with E-state index in [1.165, 1.54) is 0 Å². The van der Waals surface area contributed by atoms with E-state index in [2.05, 4.69) is 25.4 Å². The first-order chi connectivity index (χ1) is 8.83. The van der Waals surface area contributed by atoms with Gasteiger partial charge in [-0.3, -0.25) is 4.98 Å². The van der Waals surface area contributed by atoms with Crippen molar-refractivity contribution in [2.75, 3.05) is 4.90 Å². The number of fused-ring (bicyclic) bond motifs is 3. The summed E-state index contributed by atoms with van der Waals surface area (Å²) in [6.07, 6.45) is 7.21. The van der Waals surface area contributed by atoms with Crippen molar-refractivity contribution in [2.45, 2.75) is 43.9 Å². The molecule has 18 heavy (non-hydrogen) atoms. The van der Waals surface area contributed by atoms with Crippen LogP contribution >= 0.6 is 0 Å². The van der Waals surface area contributed by atoms with Crippen LogP contribution in [0.2, 0.25) is 0 Å². The molecule has 2 saturated heterocycles. The normalized spacial score (nSPS) is 31.2. The number of rotatable bonds is 1. The number of aliphatic hydroxyl groups is 1. The van der Waals surface area contributed by atoms with Crippen molar-refractivity contribution in [3.8, 4) is 0 Å². The van der Waals surface area contributed by atoms with E-state index < -0.39 is 0 Å². The summed E-state index contributed by atoms with van der Waals surface area (Å²) in [5.41, 5.74) is 0.665. The highest BCUT2D eigenvalue weighted by Gasteiger charge is 2.41. The van der Waals surface area contributed by atoms with Gasteiger partial charge in [0.2, 0.25) is 0 Å². The Balaban J connectivity index is 1.81. The van der Waals surface area contributed by atoms with Crippen molar-refractivity contribution in [2.24, 2.45) is 0 Å². The van der Waals surface area contributed by atoms with Crippen molar-refractivity contribution < 1.29 is 5.11 Å². The molecule has 0 amide bonds. The van der Waals surface area contributed by atoms with E-state index in [1.54, 1.807) is 10.7 Å². The summed E-state index contributed by atoms with van der Waals surface area (Å²) >= 11 is 0. The van der Waals surface area contributed by atoms with E-state index >= 15 is 0 Å². The van der Waals surface area contributed by atoms with E-state index in [4.69, 9.17) is 0 Å². The topological polar surface area (TPSA) is 79.4 Å². The average molecular weight is 246 g/mol. The first-order valence-corrected chi connectivity index (χ1v) is 6.31. The maximum Gasteiger partial charge on any atom is 0.199 e. The molecule has 2 aromatic rings. The molecule has 1 N–H and O–H groups in total. The summed E-state index contributed by atoms with van der Waals surface area (Å²) in [5, 5.41) is 21.5. The largest absolute Gasteiger partial charge is 0.393 e. The predicted octanol–water partition coefficient (Wildman–Crippen LogP) is 0.0114. The van der Waals surface area contributed by atoms with Gasteiger partial charge in [-0.25, -0.2) is 0 Å². The minimum atomic E-state index is -0.167. The van der Waals surface area contributed by atoms with Crippen LogP contribution in [0.3, 0.4) is 0 Å². The molecule has 2 unspecified atom stereocenters. The molecule has 2 aliphatic rings. The van der Waals surface area contributed by atoms with Crippen LogP contribution in [0, 0.1) is 0 Å². The Morgan fingerprint density at radius 3 is 2.72 bits per heavy atom. The lowest BCUT2D eigenvalue weighted by atomic mass is 10.00. The van der Waals surface area contributed by atoms with E-state index in [1.807, 2.05) is 6.20 Å². The highest BCUT2D eigenvalue weighted by molar-refractivity contribution is 5.49. The molecule has 2 fully saturated rings. The van der Waals surface area contributed by atoms with Crippen LogP contribution in [-0.2, 0) is 0 Å². The smallest absolute Gasteiger partial charge is 0.199 e. The van der Waals surface area contributed by atoms with Crippen LogP contribution in [-0.4, -0.2) is 48.3 Å². The van der Waals surface area contributed by atoms with E-state index in [-0.39, 0.29) is 6.10 Å². The van der Waals surface area contributed by atoms with Crippen molar-refractivity contribution in [3.63, 3.8) is 0 Å². The van der Waals surface area contributed by atoms with Crippen LogP contribution in [0.5, 0.6) is 0 Å². The minimum Gasteiger partial charge on any atom is -0.393 e. The summed E-state index contributed by atoms with van der Waals surface area (Å²) < 4.78 is 1.73. The second-order valence-electron chi connectivity index (χ2n) is 5.13. The molecule has 0 saturated carbocycles. The first-order valence-electron chi connectivity index (χ1n) is 6.31. The number of tetrazole rings is 1. The summed E-state index contributed by atoms with van der Waals surface area (Å²) in [5.74, 6) is 0.942. The standard InChI is InChI=1S/C11H14N6O/c18-9-3-7-1-2-8(4-9)16(7)11-6-12-5-10-13-14-15-17(10)11/h5-9,18H,1-4H2. The highest BCUT2D eigenvalue weighted by Crippen LogP contribution is 2.38. The van der Waals surface area contributed by atoms with Crippen molar-refractivity contribution in [1.82, 2.24) is 25.0 Å². The molecule has 0 aromatic carbocycles. The molecule has 2 bridgehead atoms. The minimum absolute atomic E-state index is 0.167. The van der Waals surface area contributed by atoms with Crippen LogP contribution in [0.1, 0.15) is 25.7 Å². The van der Waals surface area contributed by atoms with Gasteiger partial charge in [-0.15, -0.1) is 5.10 Å². The number of piperidine rings is 1. The zero-order valence-electron chi connectivity index (χ0n) is 9.85. The van der Waals surface area contributed by atoms with Gasteiger partial charge in [0.05, 0.1) is 18.5 Å². The number of aromatic nitrogens is 5. The maximum absolute atomic E-state index is 9.84. The van der Waals surface area contributed by atoms with Crippen molar-refractivity contribution in [3.05, 3.63) is 12.4 Å². The Kier molecular flexibility index (Phi) is 2.05. The van der Waals surface area contributed by atoms with Gasteiger partial charge in [0, 0.05) is 12.1 Å². The van der Waals surface area contributed by atoms with Gasteiger partial charge in [0.1, 0.15) is 0 Å². The second kappa shape index (κ2) is 3.61. The zero-order chi connectivity index (χ0) is 12.1. The van der Waals surface area contributed by atoms with Gasteiger partial charge in [0.25, 0.3) is 0 Å². The Labute approximate surface area is 103 Å². The fraction of sp³-hybridized carbons (Fsp3) is 0.636. The predicted molar refractivity (Wildman–Crippen MR) is 63.1 cm³/mol. The van der Waals surface area contributed by atoms with E-state index in [9.17, 15) is 5.11 Å². The third-order valence-corrected chi connectivity index (χ3v) is 4.06. The lowest BCUT2D eigenvalue weighted by Gasteiger charge is -2.38. The fourth-order valence-corrected chi connectivity index (χ4v) is 3.36. The Hall–Kier alpha value is -1.76. The lowest BCUT2D eigenvalue weighted by molar-refractivity contribution is 0.126. The van der Waals surface area contributed by atoms with E-state index in [0.29, 0.717) is 17.7 Å². The van der Waals surface area contributed by atoms with Gasteiger partial charge in [0.15, 0.2) is 11.5 Å². The van der Waals surface area contributed by atoms with E-state index in [0.717, 1.165) is 31.5 Å². The average Bonchev–Trinajstić information content (AvgIpc) is 2.92. The quantitative estimate of drug-likeness (QED) is 0.763. The fourth-order valence-electron chi connectivity index (χ4n) is 3.36. The lowest BCUT2D eigenvalue weighted by Crippen LogP contribution is -2.45. The number of anilines is 1. The number of hydrogen-bond acceptors (Lipinski definition) is 6. The SMILES string of the molecule is OC1CC2CCC(C1)N2c1cncc2nnnn12. The van der Waals surface area contributed by atoms with Gasteiger partial charge in [-0.05, 0) is 36.1 Å². The summed E-state index contributed by atoms with van der Waals surface area (Å²) in [4.78, 5) is 6.54. The summed E-state index contributed by atoms with van der Waals surface area (Å²) in [6, 6.07) is 0.769. The molecule has 94 valence electrons. The molecule has 7 heteroatoms. The van der Waals surface area contributed by atoms with Gasteiger partial charge < -0.3 is 10.0 Å².